The van der Waals surface area contributed by atoms with Crippen LogP contribution in [0.2, 0.25) is 0 Å². The molecule has 0 bridgehead atoms. The fraction of sp³-hybridized carbons (Fsp3) is 0.467. The number of benzene rings is 1. The minimum atomic E-state index is 0.661. The molecule has 1 aromatic carbocycles. The van der Waals surface area contributed by atoms with Crippen molar-refractivity contribution in [1.82, 2.24) is 5.32 Å². The number of aryl methyl sites for hydroxylation is 1. The van der Waals surface area contributed by atoms with Gasteiger partial charge in [-0.1, -0.05) is 36.7 Å². The van der Waals surface area contributed by atoms with Crippen molar-refractivity contribution < 1.29 is 4.42 Å². The van der Waals surface area contributed by atoms with Crippen LogP contribution in [0, 0.1) is 5.92 Å². The van der Waals surface area contributed by atoms with Crippen LogP contribution in [0.4, 0.5) is 0 Å². The molecule has 98 valence electrons. The van der Waals surface area contributed by atoms with Crippen molar-refractivity contribution in [2.75, 3.05) is 6.54 Å². The maximum Gasteiger partial charge on any atom is 0.134 e. The van der Waals surface area contributed by atoms with Gasteiger partial charge in [0.05, 0.1) is 6.54 Å². The summed E-state index contributed by atoms with van der Waals surface area (Å²) in [5.74, 6) is 1.74. The van der Waals surface area contributed by atoms with Gasteiger partial charge < -0.3 is 9.73 Å². The molecular formula is C15H20BrNO. The molecule has 0 spiro atoms. The summed E-state index contributed by atoms with van der Waals surface area (Å²) < 4.78 is 7.05. The van der Waals surface area contributed by atoms with Gasteiger partial charge in [-0.05, 0) is 37.1 Å². The molecule has 0 radical (unpaired) electrons. The second-order valence-corrected chi connectivity index (χ2v) is 5.94. The quantitative estimate of drug-likeness (QED) is 0.879. The first kappa shape index (κ1) is 13.6. The van der Waals surface area contributed by atoms with Crippen LogP contribution in [0.1, 0.15) is 32.1 Å². The summed E-state index contributed by atoms with van der Waals surface area (Å²) in [5, 5.41) is 4.68. The van der Waals surface area contributed by atoms with Gasteiger partial charge in [0.2, 0.25) is 0 Å². The second kappa shape index (κ2) is 5.89. The number of furan rings is 1. The van der Waals surface area contributed by atoms with E-state index in [1.165, 1.54) is 10.9 Å². The lowest BCUT2D eigenvalue weighted by Crippen LogP contribution is -2.19. The third-order valence-electron chi connectivity index (χ3n) is 3.03. The highest BCUT2D eigenvalue weighted by Crippen LogP contribution is 2.29. The highest BCUT2D eigenvalue weighted by atomic mass is 79.9. The monoisotopic (exact) mass is 309 g/mol. The van der Waals surface area contributed by atoms with Crippen LogP contribution in [0.15, 0.2) is 27.1 Å². The maximum absolute atomic E-state index is 5.94. The molecule has 1 heterocycles. The van der Waals surface area contributed by atoms with Gasteiger partial charge in [0.1, 0.15) is 11.3 Å². The Bertz CT molecular complexity index is 531. The number of hydrogen-bond donors (Lipinski definition) is 1. The van der Waals surface area contributed by atoms with E-state index < -0.39 is 0 Å². The molecule has 1 N–H and O–H groups in total. The molecular weight excluding hydrogens is 290 g/mol. The Morgan fingerprint density at radius 2 is 2.11 bits per heavy atom. The SMILES string of the molecule is CCc1c(CNCC(C)C)oc2ccc(Br)cc12. The van der Waals surface area contributed by atoms with Gasteiger partial charge >= 0.3 is 0 Å². The second-order valence-electron chi connectivity index (χ2n) is 5.02. The fourth-order valence-corrected chi connectivity index (χ4v) is 2.54. The van der Waals surface area contributed by atoms with Crippen molar-refractivity contribution in [2.24, 2.45) is 5.92 Å². The van der Waals surface area contributed by atoms with Crippen LogP contribution in [0.5, 0.6) is 0 Å². The Balaban J connectivity index is 2.27. The molecule has 2 rings (SSSR count). The Labute approximate surface area is 117 Å². The Kier molecular flexibility index (Phi) is 4.46. The van der Waals surface area contributed by atoms with Crippen molar-refractivity contribution in [3.8, 4) is 0 Å². The number of rotatable bonds is 5. The molecule has 0 saturated heterocycles. The van der Waals surface area contributed by atoms with Crippen LogP contribution in [-0.2, 0) is 13.0 Å². The first-order valence-corrected chi connectivity index (χ1v) is 7.31. The summed E-state index contributed by atoms with van der Waals surface area (Å²) >= 11 is 3.52. The van der Waals surface area contributed by atoms with E-state index in [1.54, 1.807) is 0 Å². The van der Waals surface area contributed by atoms with E-state index in [0.717, 1.165) is 35.3 Å². The van der Waals surface area contributed by atoms with Gasteiger partial charge in [0, 0.05) is 15.4 Å². The fourth-order valence-electron chi connectivity index (χ4n) is 2.18. The molecule has 0 aliphatic carbocycles. The summed E-state index contributed by atoms with van der Waals surface area (Å²) in [6.45, 7) is 8.43. The Morgan fingerprint density at radius 3 is 2.78 bits per heavy atom. The molecule has 0 aliphatic heterocycles. The van der Waals surface area contributed by atoms with Crippen LogP contribution < -0.4 is 5.32 Å². The summed E-state index contributed by atoms with van der Waals surface area (Å²) in [4.78, 5) is 0. The Morgan fingerprint density at radius 1 is 1.33 bits per heavy atom. The summed E-state index contributed by atoms with van der Waals surface area (Å²) in [6.07, 6.45) is 1.00. The van der Waals surface area contributed by atoms with Crippen molar-refractivity contribution in [1.29, 1.82) is 0 Å². The van der Waals surface area contributed by atoms with E-state index in [9.17, 15) is 0 Å². The summed E-state index contributed by atoms with van der Waals surface area (Å²) in [6, 6.07) is 6.20. The minimum absolute atomic E-state index is 0.661. The van der Waals surface area contributed by atoms with Crippen LogP contribution >= 0.6 is 15.9 Å². The summed E-state index contributed by atoms with van der Waals surface area (Å²) in [5.41, 5.74) is 2.30. The molecule has 0 amide bonds. The molecule has 0 saturated carbocycles. The highest BCUT2D eigenvalue weighted by molar-refractivity contribution is 9.10. The van der Waals surface area contributed by atoms with Crippen molar-refractivity contribution in [3.05, 3.63) is 34.0 Å². The smallest absolute Gasteiger partial charge is 0.134 e. The van der Waals surface area contributed by atoms with Gasteiger partial charge in [-0.2, -0.15) is 0 Å². The first-order valence-electron chi connectivity index (χ1n) is 6.52. The maximum atomic E-state index is 5.94. The molecule has 0 aliphatic rings. The van der Waals surface area contributed by atoms with Crippen LogP contribution in [0.3, 0.4) is 0 Å². The third-order valence-corrected chi connectivity index (χ3v) is 3.52. The van der Waals surface area contributed by atoms with E-state index in [2.05, 4.69) is 48.1 Å². The third kappa shape index (κ3) is 2.96. The van der Waals surface area contributed by atoms with E-state index in [-0.39, 0.29) is 0 Å². The predicted molar refractivity (Wildman–Crippen MR) is 79.8 cm³/mol. The van der Waals surface area contributed by atoms with Gasteiger partial charge in [0.15, 0.2) is 0 Å². The molecule has 0 fully saturated rings. The number of nitrogens with one attached hydrogen (secondary N) is 1. The van der Waals surface area contributed by atoms with E-state index >= 15 is 0 Å². The Hall–Kier alpha value is -0.800. The van der Waals surface area contributed by atoms with Gasteiger partial charge in [-0.25, -0.2) is 0 Å². The molecule has 0 unspecified atom stereocenters. The topological polar surface area (TPSA) is 25.2 Å². The largest absolute Gasteiger partial charge is 0.459 e. The average Bonchev–Trinajstić information content (AvgIpc) is 2.65. The first-order chi connectivity index (χ1) is 8.61. The molecule has 0 atom stereocenters. The number of halogens is 1. The van der Waals surface area contributed by atoms with Crippen molar-refractivity contribution >= 4 is 26.9 Å². The van der Waals surface area contributed by atoms with Crippen LogP contribution in [-0.4, -0.2) is 6.54 Å². The lowest BCUT2D eigenvalue weighted by molar-refractivity contribution is 0.481. The highest BCUT2D eigenvalue weighted by Gasteiger charge is 2.12. The predicted octanol–water partition coefficient (Wildman–Crippen LogP) is 4.50. The lowest BCUT2D eigenvalue weighted by Gasteiger charge is -2.06. The van der Waals surface area contributed by atoms with E-state index in [1.807, 2.05) is 12.1 Å². The average molecular weight is 310 g/mol. The normalized spacial score (nSPS) is 11.6. The molecule has 18 heavy (non-hydrogen) atoms. The zero-order chi connectivity index (χ0) is 13.1. The van der Waals surface area contributed by atoms with Gasteiger partial charge in [-0.15, -0.1) is 0 Å². The number of hydrogen-bond acceptors (Lipinski definition) is 2. The zero-order valence-electron chi connectivity index (χ0n) is 11.2. The van der Waals surface area contributed by atoms with Crippen molar-refractivity contribution in [3.63, 3.8) is 0 Å². The number of fused-ring (bicyclic) bond motifs is 1. The van der Waals surface area contributed by atoms with E-state index in [4.69, 9.17) is 4.42 Å². The van der Waals surface area contributed by atoms with Crippen LogP contribution in [0.25, 0.3) is 11.0 Å². The minimum Gasteiger partial charge on any atom is -0.459 e. The zero-order valence-corrected chi connectivity index (χ0v) is 12.8. The van der Waals surface area contributed by atoms with Gasteiger partial charge in [0.25, 0.3) is 0 Å². The molecule has 1 aromatic heterocycles. The standard InChI is InChI=1S/C15H20BrNO/c1-4-12-13-7-11(16)5-6-14(13)18-15(12)9-17-8-10(2)3/h5-7,10,17H,4,8-9H2,1-3H3. The lowest BCUT2D eigenvalue weighted by atomic mass is 10.1. The molecule has 2 aromatic rings. The molecule has 2 nitrogen and oxygen atoms in total. The van der Waals surface area contributed by atoms with Crippen molar-refractivity contribution in [2.45, 2.75) is 33.7 Å². The molecule has 3 heteroatoms. The van der Waals surface area contributed by atoms with Gasteiger partial charge in [-0.3, -0.25) is 0 Å². The van der Waals surface area contributed by atoms with E-state index in [0.29, 0.717) is 5.92 Å². The summed E-state index contributed by atoms with van der Waals surface area (Å²) in [7, 11) is 0.